The van der Waals surface area contributed by atoms with Crippen LogP contribution in [0.1, 0.15) is 28.5 Å². The van der Waals surface area contributed by atoms with Crippen molar-refractivity contribution in [1.29, 1.82) is 0 Å². The standard InChI is InChI=1S/C26H26Cl2FN3O3S2/c27-19-5-6-22(28)24(16-19)37(34,35)32-10-2-9-30(12-13-32)25(33)17-31-11-7-23-21(8-14-36-23)26(31)18-3-1-4-20(29)15-18/h1,3-6,8,14-16,26H,2,7,9-13,17H2. The average molecular weight is 583 g/mol. The van der Waals surface area contributed by atoms with Gasteiger partial charge in [-0.25, -0.2) is 12.8 Å². The van der Waals surface area contributed by atoms with Crippen molar-refractivity contribution in [2.75, 3.05) is 39.3 Å². The largest absolute Gasteiger partial charge is 0.340 e. The van der Waals surface area contributed by atoms with Crippen molar-refractivity contribution in [1.82, 2.24) is 14.1 Å². The third-order valence-electron chi connectivity index (χ3n) is 6.89. The maximum atomic E-state index is 14.1. The highest BCUT2D eigenvalue weighted by atomic mass is 35.5. The van der Waals surface area contributed by atoms with E-state index in [2.05, 4.69) is 11.0 Å². The molecule has 1 amide bonds. The topological polar surface area (TPSA) is 60.9 Å². The van der Waals surface area contributed by atoms with Crippen molar-refractivity contribution >= 4 is 50.5 Å². The van der Waals surface area contributed by atoms with Gasteiger partial charge in [0, 0.05) is 42.6 Å². The zero-order chi connectivity index (χ0) is 26.2. The molecule has 1 atom stereocenters. The second-order valence-electron chi connectivity index (χ2n) is 9.19. The van der Waals surface area contributed by atoms with Crippen LogP contribution in [-0.2, 0) is 21.2 Å². The summed E-state index contributed by atoms with van der Waals surface area (Å²) in [6, 6.07) is 12.8. The molecule has 0 spiro atoms. The van der Waals surface area contributed by atoms with E-state index in [-0.39, 0.29) is 58.9 Å². The van der Waals surface area contributed by atoms with Crippen LogP contribution in [0.3, 0.4) is 0 Å². The molecule has 0 bridgehead atoms. The Morgan fingerprint density at radius 3 is 2.68 bits per heavy atom. The predicted molar refractivity (Wildman–Crippen MR) is 144 cm³/mol. The number of amides is 1. The minimum absolute atomic E-state index is 0.0285. The summed E-state index contributed by atoms with van der Waals surface area (Å²) in [4.78, 5) is 18.5. The van der Waals surface area contributed by atoms with E-state index in [0.717, 1.165) is 17.5 Å². The summed E-state index contributed by atoms with van der Waals surface area (Å²) in [5.74, 6) is -0.375. The number of halogens is 3. The Morgan fingerprint density at radius 1 is 1.03 bits per heavy atom. The lowest BCUT2D eigenvalue weighted by Gasteiger charge is -2.37. The summed E-state index contributed by atoms with van der Waals surface area (Å²) >= 11 is 13.9. The first-order valence-corrected chi connectivity index (χ1v) is 15.1. The number of fused-ring (bicyclic) bond motifs is 1. The van der Waals surface area contributed by atoms with E-state index in [9.17, 15) is 17.6 Å². The molecular weight excluding hydrogens is 556 g/mol. The Morgan fingerprint density at radius 2 is 1.86 bits per heavy atom. The van der Waals surface area contributed by atoms with Crippen molar-refractivity contribution in [2.45, 2.75) is 23.8 Å². The van der Waals surface area contributed by atoms with E-state index in [1.165, 1.54) is 33.4 Å². The maximum absolute atomic E-state index is 14.1. The minimum Gasteiger partial charge on any atom is -0.340 e. The van der Waals surface area contributed by atoms with E-state index in [4.69, 9.17) is 23.2 Å². The van der Waals surface area contributed by atoms with Gasteiger partial charge in [0.15, 0.2) is 0 Å². The van der Waals surface area contributed by atoms with Gasteiger partial charge in [0.05, 0.1) is 17.6 Å². The molecular formula is C26H26Cl2FN3O3S2. The lowest BCUT2D eigenvalue weighted by Crippen LogP contribution is -2.45. The van der Waals surface area contributed by atoms with E-state index in [1.807, 2.05) is 11.4 Å². The van der Waals surface area contributed by atoms with E-state index < -0.39 is 10.0 Å². The molecule has 5 rings (SSSR count). The lowest BCUT2D eigenvalue weighted by atomic mass is 9.93. The predicted octanol–water partition coefficient (Wildman–Crippen LogP) is 5.06. The van der Waals surface area contributed by atoms with Crippen molar-refractivity contribution in [3.05, 3.63) is 85.8 Å². The number of benzene rings is 2. The summed E-state index contributed by atoms with van der Waals surface area (Å²) in [5.41, 5.74) is 1.93. The first kappa shape index (κ1) is 26.6. The van der Waals surface area contributed by atoms with Crippen LogP contribution >= 0.6 is 34.5 Å². The number of carbonyl (C=O) groups is 1. The maximum Gasteiger partial charge on any atom is 0.244 e. The Kier molecular flexibility index (Phi) is 7.91. The monoisotopic (exact) mass is 581 g/mol. The van der Waals surface area contributed by atoms with Gasteiger partial charge in [-0.1, -0.05) is 35.3 Å². The quantitative estimate of drug-likeness (QED) is 0.422. The Balaban J connectivity index is 1.31. The molecule has 2 aliphatic rings. The number of hydrogen-bond donors (Lipinski definition) is 0. The van der Waals surface area contributed by atoms with E-state index in [0.29, 0.717) is 19.5 Å². The molecule has 0 N–H and O–H groups in total. The molecule has 3 heterocycles. The Hall–Kier alpha value is -2.01. The number of hydrogen-bond acceptors (Lipinski definition) is 5. The molecule has 6 nitrogen and oxygen atoms in total. The molecule has 0 saturated carbocycles. The SMILES string of the molecule is O=C(CN1CCc2sccc2C1c1cccc(F)c1)N1CCCN(S(=O)(=O)c2cc(Cl)ccc2Cl)CC1. The lowest BCUT2D eigenvalue weighted by molar-refractivity contribution is -0.132. The second kappa shape index (κ2) is 11.0. The van der Waals surface area contributed by atoms with Gasteiger partial charge in [-0.05, 0) is 65.7 Å². The Labute approximate surface area is 230 Å². The first-order valence-electron chi connectivity index (χ1n) is 12.0. The molecule has 2 aliphatic heterocycles. The average Bonchev–Trinajstić information content (AvgIpc) is 3.19. The highest BCUT2D eigenvalue weighted by Gasteiger charge is 2.34. The molecule has 1 unspecified atom stereocenters. The smallest absolute Gasteiger partial charge is 0.244 e. The normalized spacial score (nSPS) is 19.4. The van der Waals surface area contributed by atoms with Gasteiger partial charge >= 0.3 is 0 Å². The van der Waals surface area contributed by atoms with Gasteiger partial charge in [0.1, 0.15) is 10.7 Å². The number of carbonyl (C=O) groups excluding carboxylic acids is 1. The molecule has 0 aliphatic carbocycles. The van der Waals surface area contributed by atoms with Crippen molar-refractivity contribution < 1.29 is 17.6 Å². The molecule has 11 heteroatoms. The van der Waals surface area contributed by atoms with Crippen LogP contribution in [0.4, 0.5) is 4.39 Å². The van der Waals surface area contributed by atoms with Gasteiger partial charge in [-0.2, -0.15) is 4.31 Å². The molecule has 0 radical (unpaired) electrons. The van der Waals surface area contributed by atoms with Crippen LogP contribution in [0.5, 0.6) is 0 Å². The number of sulfonamides is 1. The van der Waals surface area contributed by atoms with E-state index in [1.54, 1.807) is 28.4 Å². The molecule has 2 aromatic carbocycles. The zero-order valence-electron chi connectivity index (χ0n) is 19.9. The van der Waals surface area contributed by atoms with Crippen LogP contribution < -0.4 is 0 Å². The van der Waals surface area contributed by atoms with Crippen LogP contribution in [0, 0.1) is 5.82 Å². The third kappa shape index (κ3) is 5.57. The summed E-state index contributed by atoms with van der Waals surface area (Å²) in [6.07, 6.45) is 1.34. The highest BCUT2D eigenvalue weighted by molar-refractivity contribution is 7.89. The van der Waals surface area contributed by atoms with Gasteiger partial charge in [0.25, 0.3) is 0 Å². The molecule has 196 valence electrons. The van der Waals surface area contributed by atoms with Gasteiger partial charge in [-0.15, -0.1) is 11.3 Å². The molecule has 1 saturated heterocycles. The molecule has 3 aromatic rings. The van der Waals surface area contributed by atoms with Crippen LogP contribution in [0.2, 0.25) is 10.0 Å². The van der Waals surface area contributed by atoms with E-state index >= 15 is 0 Å². The minimum atomic E-state index is -3.86. The zero-order valence-corrected chi connectivity index (χ0v) is 23.1. The number of rotatable bonds is 5. The fourth-order valence-corrected chi connectivity index (χ4v) is 8.19. The van der Waals surface area contributed by atoms with Crippen molar-refractivity contribution in [3.63, 3.8) is 0 Å². The third-order valence-corrected chi connectivity index (χ3v) is 10.5. The molecule has 1 aromatic heterocycles. The molecule has 1 fully saturated rings. The summed E-state index contributed by atoms with van der Waals surface area (Å²) in [6.45, 7) is 2.03. The van der Waals surface area contributed by atoms with Gasteiger partial charge in [-0.3, -0.25) is 9.69 Å². The van der Waals surface area contributed by atoms with Crippen LogP contribution in [0.25, 0.3) is 0 Å². The molecule has 37 heavy (non-hydrogen) atoms. The highest BCUT2D eigenvalue weighted by Crippen LogP contribution is 2.38. The number of nitrogens with zero attached hydrogens (tertiary/aromatic N) is 3. The second-order valence-corrected chi connectivity index (χ2v) is 12.9. The number of thiophene rings is 1. The first-order chi connectivity index (χ1) is 17.7. The fourth-order valence-electron chi connectivity index (χ4n) is 5.08. The fraction of sp³-hybridized carbons (Fsp3) is 0.346. The van der Waals surface area contributed by atoms with Gasteiger partial charge < -0.3 is 4.90 Å². The summed E-state index contributed by atoms with van der Waals surface area (Å²) < 4.78 is 42.0. The summed E-state index contributed by atoms with van der Waals surface area (Å²) in [7, 11) is -3.86. The van der Waals surface area contributed by atoms with Crippen LogP contribution in [0.15, 0.2) is 58.8 Å². The summed E-state index contributed by atoms with van der Waals surface area (Å²) in [5, 5.41) is 2.44. The van der Waals surface area contributed by atoms with Crippen molar-refractivity contribution in [3.8, 4) is 0 Å². The van der Waals surface area contributed by atoms with Gasteiger partial charge in [0.2, 0.25) is 15.9 Å². The van der Waals surface area contributed by atoms with Crippen LogP contribution in [-0.4, -0.2) is 67.7 Å². The Bertz CT molecular complexity index is 1420. The van der Waals surface area contributed by atoms with Crippen molar-refractivity contribution in [2.24, 2.45) is 0 Å².